The number of unbranched alkanes of at least 4 members (excludes halogenated alkanes) is 1. The third kappa shape index (κ3) is 3.36. The predicted octanol–water partition coefficient (Wildman–Crippen LogP) is 3.67. The molecule has 0 spiro atoms. The van der Waals surface area contributed by atoms with Crippen molar-refractivity contribution in [2.24, 2.45) is 4.99 Å². The van der Waals surface area contributed by atoms with Crippen LogP contribution in [0.3, 0.4) is 0 Å². The smallest absolute Gasteiger partial charge is 0.110 e. The van der Waals surface area contributed by atoms with Crippen LogP contribution in [0.15, 0.2) is 47.1 Å². The minimum absolute atomic E-state index is 0.745. The maximum atomic E-state index is 5.69. The average Bonchev–Trinajstić information content (AvgIpc) is 2.40. The van der Waals surface area contributed by atoms with Crippen molar-refractivity contribution in [2.45, 2.75) is 19.8 Å². The fraction of sp³-hybridized carbons (Fsp3) is 0.400. The second kappa shape index (κ2) is 6.60. The summed E-state index contributed by atoms with van der Waals surface area (Å²) in [4.78, 5) is 6.94. The molecule has 0 unspecified atom stereocenters. The van der Waals surface area contributed by atoms with Gasteiger partial charge in [-0.2, -0.15) is 0 Å². The van der Waals surface area contributed by atoms with Crippen LogP contribution in [0, 0.1) is 0 Å². The molecule has 0 saturated carbocycles. The number of allylic oxidation sites excluding steroid dienone is 1. The minimum Gasteiger partial charge on any atom is -0.358 e. The number of alkyl halides is 1. The predicted molar refractivity (Wildman–Crippen MR) is 78.3 cm³/mol. The third-order valence-electron chi connectivity index (χ3n) is 3.04. The van der Waals surface area contributed by atoms with Gasteiger partial charge >= 0.3 is 0 Å². The first-order valence-electron chi connectivity index (χ1n) is 6.40. The molecule has 0 aliphatic carbocycles. The maximum absolute atomic E-state index is 5.69. The zero-order valence-electron chi connectivity index (χ0n) is 10.8. The fourth-order valence-electron chi connectivity index (χ4n) is 2.12. The van der Waals surface area contributed by atoms with Gasteiger partial charge in [-0.25, -0.2) is 0 Å². The van der Waals surface area contributed by atoms with E-state index in [1.54, 1.807) is 0 Å². The van der Waals surface area contributed by atoms with Gasteiger partial charge in [0.1, 0.15) is 6.67 Å². The van der Waals surface area contributed by atoms with Crippen LogP contribution in [0.5, 0.6) is 0 Å². The highest BCUT2D eigenvalue weighted by Crippen LogP contribution is 2.15. The number of nitrogens with zero attached hydrogens (tertiary/aromatic N) is 2. The molecule has 0 amide bonds. The van der Waals surface area contributed by atoms with E-state index in [4.69, 9.17) is 11.6 Å². The van der Waals surface area contributed by atoms with Crippen LogP contribution in [0.2, 0.25) is 0 Å². The van der Waals surface area contributed by atoms with Gasteiger partial charge in [0.25, 0.3) is 0 Å². The summed E-state index contributed by atoms with van der Waals surface area (Å²) in [6, 6.07) is 10.4. The molecule has 0 N–H and O–H groups in total. The summed E-state index contributed by atoms with van der Waals surface area (Å²) >= 11 is 5.69. The quantitative estimate of drug-likeness (QED) is 0.584. The van der Waals surface area contributed by atoms with Crippen molar-refractivity contribution in [2.75, 3.05) is 19.1 Å². The number of benzene rings is 1. The second-order valence-electron chi connectivity index (χ2n) is 4.53. The lowest BCUT2D eigenvalue weighted by atomic mass is 10.0. The van der Waals surface area contributed by atoms with Crippen LogP contribution < -0.4 is 0 Å². The van der Waals surface area contributed by atoms with E-state index in [1.165, 1.54) is 11.1 Å². The van der Waals surface area contributed by atoms with E-state index in [9.17, 15) is 0 Å². The van der Waals surface area contributed by atoms with Gasteiger partial charge in [-0.15, -0.1) is 11.6 Å². The molecule has 0 aromatic heterocycles. The Morgan fingerprint density at radius 2 is 2.00 bits per heavy atom. The average molecular weight is 263 g/mol. The van der Waals surface area contributed by atoms with Gasteiger partial charge in [-0.1, -0.05) is 30.3 Å². The SMILES string of the molecule is CC1=CN(CCCCCl)CN=C1c1ccccc1. The third-order valence-corrected chi connectivity index (χ3v) is 3.30. The molecule has 1 aliphatic heterocycles. The Labute approximate surface area is 114 Å². The Hall–Kier alpha value is -1.28. The van der Waals surface area contributed by atoms with Gasteiger partial charge < -0.3 is 4.90 Å². The zero-order chi connectivity index (χ0) is 12.8. The summed E-state index contributed by atoms with van der Waals surface area (Å²) in [7, 11) is 0. The van der Waals surface area contributed by atoms with E-state index >= 15 is 0 Å². The lowest BCUT2D eigenvalue weighted by Crippen LogP contribution is -2.25. The highest BCUT2D eigenvalue weighted by atomic mass is 35.5. The number of hydrogen-bond acceptors (Lipinski definition) is 2. The van der Waals surface area contributed by atoms with E-state index in [-0.39, 0.29) is 0 Å². The van der Waals surface area contributed by atoms with Crippen molar-refractivity contribution in [3.63, 3.8) is 0 Å². The number of hydrogen-bond donors (Lipinski definition) is 0. The van der Waals surface area contributed by atoms with Crippen LogP contribution >= 0.6 is 11.6 Å². The van der Waals surface area contributed by atoms with Crippen molar-refractivity contribution in [3.8, 4) is 0 Å². The Bertz CT molecular complexity index is 437. The second-order valence-corrected chi connectivity index (χ2v) is 4.91. The molecule has 1 aliphatic rings. The number of rotatable bonds is 5. The van der Waals surface area contributed by atoms with E-state index in [0.29, 0.717) is 0 Å². The first kappa shape index (κ1) is 13.2. The van der Waals surface area contributed by atoms with Crippen molar-refractivity contribution in [3.05, 3.63) is 47.7 Å². The van der Waals surface area contributed by atoms with E-state index in [0.717, 1.165) is 37.6 Å². The van der Waals surface area contributed by atoms with Gasteiger partial charge in [0.05, 0.1) is 5.71 Å². The Morgan fingerprint density at radius 1 is 1.22 bits per heavy atom. The summed E-state index contributed by atoms with van der Waals surface area (Å²) in [5.41, 5.74) is 3.55. The van der Waals surface area contributed by atoms with Crippen LogP contribution in [0.1, 0.15) is 25.3 Å². The van der Waals surface area contributed by atoms with E-state index in [1.807, 2.05) is 6.07 Å². The molecule has 0 saturated heterocycles. The summed E-state index contributed by atoms with van der Waals surface area (Å²) in [6.07, 6.45) is 4.41. The zero-order valence-corrected chi connectivity index (χ0v) is 11.5. The summed E-state index contributed by atoms with van der Waals surface area (Å²) in [5.74, 6) is 0.745. The lowest BCUT2D eigenvalue weighted by Gasteiger charge is -2.24. The topological polar surface area (TPSA) is 15.6 Å². The summed E-state index contributed by atoms with van der Waals surface area (Å²) in [6.45, 7) is 3.92. The molecule has 1 aromatic carbocycles. The standard InChI is InChI=1S/C15H19ClN2/c1-13-11-18(10-6-5-9-16)12-17-15(13)14-7-3-2-4-8-14/h2-4,7-8,11H,5-6,9-10,12H2,1H3. The van der Waals surface area contributed by atoms with Crippen LogP contribution in [-0.4, -0.2) is 29.7 Å². The van der Waals surface area contributed by atoms with E-state index < -0.39 is 0 Å². The maximum Gasteiger partial charge on any atom is 0.110 e. The molecule has 1 heterocycles. The molecule has 1 aromatic rings. The Morgan fingerprint density at radius 3 is 2.67 bits per heavy atom. The Balaban J connectivity index is 2.00. The monoisotopic (exact) mass is 262 g/mol. The molecule has 96 valence electrons. The van der Waals surface area contributed by atoms with Gasteiger partial charge in [0, 0.05) is 24.2 Å². The molecule has 0 atom stereocenters. The van der Waals surface area contributed by atoms with Gasteiger partial charge in [-0.3, -0.25) is 4.99 Å². The molecule has 3 heteroatoms. The molecule has 0 fully saturated rings. The van der Waals surface area contributed by atoms with E-state index in [2.05, 4.69) is 47.3 Å². The number of halogens is 1. The van der Waals surface area contributed by atoms with Crippen molar-refractivity contribution in [1.82, 2.24) is 4.90 Å². The molecule has 2 rings (SSSR count). The lowest BCUT2D eigenvalue weighted by molar-refractivity contribution is 0.374. The first-order chi connectivity index (χ1) is 8.81. The van der Waals surface area contributed by atoms with Gasteiger partial charge in [0.2, 0.25) is 0 Å². The van der Waals surface area contributed by atoms with Crippen LogP contribution in [0.4, 0.5) is 0 Å². The van der Waals surface area contributed by atoms with Gasteiger partial charge in [0.15, 0.2) is 0 Å². The minimum atomic E-state index is 0.745. The van der Waals surface area contributed by atoms with Crippen LogP contribution in [0.25, 0.3) is 0 Å². The fourth-order valence-corrected chi connectivity index (χ4v) is 2.31. The highest BCUT2D eigenvalue weighted by Gasteiger charge is 2.12. The number of aliphatic imine (C=N–C) groups is 1. The van der Waals surface area contributed by atoms with Crippen LogP contribution in [-0.2, 0) is 0 Å². The highest BCUT2D eigenvalue weighted by molar-refractivity contribution is 6.17. The molecular formula is C15H19ClN2. The molecule has 0 radical (unpaired) electrons. The molecule has 2 nitrogen and oxygen atoms in total. The molecular weight excluding hydrogens is 244 g/mol. The normalized spacial score (nSPS) is 15.3. The van der Waals surface area contributed by atoms with Crippen molar-refractivity contribution < 1.29 is 0 Å². The Kier molecular flexibility index (Phi) is 4.82. The largest absolute Gasteiger partial charge is 0.358 e. The summed E-state index contributed by atoms with van der Waals surface area (Å²) in [5, 5.41) is 0. The first-order valence-corrected chi connectivity index (χ1v) is 6.93. The summed E-state index contributed by atoms with van der Waals surface area (Å²) < 4.78 is 0. The molecule has 18 heavy (non-hydrogen) atoms. The molecule has 0 bridgehead atoms. The van der Waals surface area contributed by atoms with Crippen molar-refractivity contribution >= 4 is 17.3 Å². The van der Waals surface area contributed by atoms with Crippen molar-refractivity contribution in [1.29, 1.82) is 0 Å². The van der Waals surface area contributed by atoms with Gasteiger partial charge in [-0.05, 0) is 25.3 Å².